The Morgan fingerprint density at radius 2 is 1.35 bits per heavy atom. The van der Waals surface area contributed by atoms with Crippen LogP contribution in [0, 0.1) is 6.57 Å². The van der Waals surface area contributed by atoms with E-state index >= 15 is 0 Å². The van der Waals surface area contributed by atoms with Crippen molar-refractivity contribution in [3.05, 3.63) is 148 Å². The molecule has 2 heterocycles. The lowest BCUT2D eigenvalue weighted by atomic mass is 9.70. The Labute approximate surface area is 334 Å². The maximum atomic E-state index is 7.68. The molecule has 286 valence electrons. The molecule has 7 nitrogen and oxygen atoms in total. The highest BCUT2D eigenvalue weighted by Crippen LogP contribution is 2.61. The van der Waals surface area contributed by atoms with Crippen LogP contribution in [-0.2, 0) is 15.8 Å². The fraction of sp³-hybridized carbons (Fsp3) is 0.260. The molecule has 0 aromatic heterocycles. The van der Waals surface area contributed by atoms with Gasteiger partial charge in [0.2, 0.25) is 0 Å². The lowest BCUT2D eigenvalue weighted by molar-refractivity contribution is 0.122. The van der Waals surface area contributed by atoms with Gasteiger partial charge in [-0.2, -0.15) is 0 Å². The summed E-state index contributed by atoms with van der Waals surface area (Å²) in [6.45, 7) is 15.0. The number of fused-ring (bicyclic) bond motifs is 8. The van der Waals surface area contributed by atoms with Gasteiger partial charge in [0, 0.05) is 40.6 Å². The topological polar surface area (TPSA) is 53.8 Å². The Bertz CT molecular complexity index is 2510. The van der Waals surface area contributed by atoms with E-state index in [1.807, 2.05) is 36.4 Å². The van der Waals surface area contributed by atoms with Crippen LogP contribution in [0.2, 0.25) is 0 Å². The molecular formula is C50H46N2O5. The highest BCUT2D eigenvalue weighted by atomic mass is 16.5. The van der Waals surface area contributed by atoms with E-state index in [0.29, 0.717) is 18.9 Å². The lowest BCUT2D eigenvalue weighted by Gasteiger charge is -2.39. The van der Waals surface area contributed by atoms with Crippen LogP contribution < -0.4 is 23.8 Å². The summed E-state index contributed by atoms with van der Waals surface area (Å²) in [4.78, 5) is 6.01. The minimum absolute atomic E-state index is 0.289. The second-order valence-corrected chi connectivity index (χ2v) is 15.0. The third-order valence-electron chi connectivity index (χ3n) is 12.6. The predicted molar refractivity (Wildman–Crippen MR) is 228 cm³/mol. The first-order chi connectivity index (χ1) is 27.9. The number of morpholine rings is 1. The number of hydrogen-bond donors (Lipinski definition) is 0. The Morgan fingerprint density at radius 3 is 1.93 bits per heavy atom. The minimum Gasteiger partial charge on any atom is -0.497 e. The lowest BCUT2D eigenvalue weighted by Crippen LogP contribution is -2.36. The predicted octanol–water partition coefficient (Wildman–Crippen LogP) is 11.4. The van der Waals surface area contributed by atoms with E-state index in [2.05, 4.69) is 102 Å². The molecule has 0 amide bonds. The number of nitrogens with zero attached hydrogens (tertiary/aromatic N) is 2. The van der Waals surface area contributed by atoms with Crippen LogP contribution in [0.4, 0.5) is 11.4 Å². The van der Waals surface area contributed by atoms with Crippen molar-refractivity contribution in [2.24, 2.45) is 0 Å². The van der Waals surface area contributed by atoms with Crippen LogP contribution >= 0.6 is 0 Å². The fourth-order valence-corrected chi connectivity index (χ4v) is 9.49. The van der Waals surface area contributed by atoms with E-state index in [9.17, 15) is 0 Å². The molecule has 7 heteroatoms. The van der Waals surface area contributed by atoms with Gasteiger partial charge >= 0.3 is 0 Å². The number of ether oxygens (including phenoxy) is 5. The number of rotatable bonds is 9. The van der Waals surface area contributed by atoms with Crippen molar-refractivity contribution >= 4 is 28.2 Å². The van der Waals surface area contributed by atoms with Gasteiger partial charge < -0.3 is 28.6 Å². The first-order valence-corrected chi connectivity index (χ1v) is 19.8. The molecule has 6 aromatic rings. The summed E-state index contributed by atoms with van der Waals surface area (Å²) >= 11 is 0. The molecule has 0 saturated carbocycles. The molecule has 2 aliphatic heterocycles. The first-order valence-electron chi connectivity index (χ1n) is 19.8. The first kappa shape index (κ1) is 36.4. The molecule has 57 heavy (non-hydrogen) atoms. The molecule has 0 unspecified atom stereocenters. The van der Waals surface area contributed by atoms with Gasteiger partial charge in [0.05, 0.1) is 46.8 Å². The van der Waals surface area contributed by atoms with Gasteiger partial charge in [-0.25, -0.2) is 4.85 Å². The quantitative estimate of drug-likeness (QED) is 0.137. The summed E-state index contributed by atoms with van der Waals surface area (Å²) in [5, 5.41) is 2.14. The Hall–Kier alpha value is -6.23. The van der Waals surface area contributed by atoms with Gasteiger partial charge in [0.1, 0.15) is 23.0 Å². The summed E-state index contributed by atoms with van der Waals surface area (Å²) < 4.78 is 30.9. The van der Waals surface area contributed by atoms with Crippen molar-refractivity contribution in [1.29, 1.82) is 0 Å². The van der Waals surface area contributed by atoms with Crippen LogP contribution in [0.5, 0.6) is 23.0 Å². The maximum Gasteiger partial charge on any atom is 0.187 e. The van der Waals surface area contributed by atoms with Gasteiger partial charge in [-0.15, -0.1) is 0 Å². The van der Waals surface area contributed by atoms with Gasteiger partial charge in [-0.1, -0.05) is 80.6 Å². The zero-order valence-corrected chi connectivity index (χ0v) is 33.1. The molecule has 1 saturated heterocycles. The van der Waals surface area contributed by atoms with Crippen molar-refractivity contribution in [3.8, 4) is 45.3 Å². The normalized spacial score (nSPS) is 15.9. The second kappa shape index (κ2) is 14.4. The van der Waals surface area contributed by atoms with Crippen molar-refractivity contribution < 1.29 is 23.7 Å². The maximum absolute atomic E-state index is 7.68. The van der Waals surface area contributed by atoms with Crippen LogP contribution in [0.3, 0.4) is 0 Å². The van der Waals surface area contributed by atoms with E-state index in [-0.39, 0.29) is 5.41 Å². The van der Waals surface area contributed by atoms with E-state index in [4.69, 9.17) is 30.3 Å². The molecular weight excluding hydrogens is 709 g/mol. The second-order valence-electron chi connectivity index (χ2n) is 15.0. The molecule has 1 fully saturated rings. The molecule has 3 aliphatic rings. The van der Waals surface area contributed by atoms with Gasteiger partial charge in [-0.05, 0) is 100 Å². The van der Waals surface area contributed by atoms with E-state index in [1.165, 1.54) is 22.3 Å². The number of hydrogen-bond acceptors (Lipinski definition) is 6. The number of anilines is 1. The Morgan fingerprint density at radius 1 is 0.719 bits per heavy atom. The molecule has 9 rings (SSSR count). The minimum atomic E-state index is -0.958. The summed E-state index contributed by atoms with van der Waals surface area (Å²) in [5.74, 6) is 3.20. The largest absolute Gasteiger partial charge is 0.497 e. The van der Waals surface area contributed by atoms with Gasteiger partial charge in [0.25, 0.3) is 0 Å². The molecule has 0 spiro atoms. The zero-order chi connectivity index (χ0) is 39.3. The zero-order valence-electron chi connectivity index (χ0n) is 33.1. The molecule has 0 atom stereocenters. The molecule has 1 aliphatic carbocycles. The highest BCUT2D eigenvalue weighted by molar-refractivity contribution is 6.10. The van der Waals surface area contributed by atoms with Crippen molar-refractivity contribution in [1.82, 2.24) is 0 Å². The number of benzene rings is 6. The van der Waals surface area contributed by atoms with Crippen LogP contribution in [0.1, 0.15) is 54.5 Å². The Kier molecular flexibility index (Phi) is 9.18. The summed E-state index contributed by atoms with van der Waals surface area (Å²) in [6, 6.07) is 35.8. The fourth-order valence-electron chi connectivity index (χ4n) is 9.49. The average molecular weight is 755 g/mol. The van der Waals surface area contributed by atoms with Gasteiger partial charge in [-0.3, -0.25) is 0 Å². The highest BCUT2D eigenvalue weighted by Gasteiger charge is 2.47. The van der Waals surface area contributed by atoms with Crippen molar-refractivity contribution in [2.45, 2.75) is 37.7 Å². The van der Waals surface area contributed by atoms with E-state index < -0.39 is 5.60 Å². The SMILES string of the molecule is [C-]#[N+]c1ccc(-c2ccc3c(c2)C(CC)(CC)c2c4c(c5cc(OC)c(N6CCOCC6)cc5c2-3)OC(c2ccc(OC)cc2)(c2ccc(OC)cc2)C=C4)cc1. The van der Waals surface area contributed by atoms with Crippen LogP contribution in [0.25, 0.3) is 43.9 Å². The average Bonchev–Trinajstić information content (AvgIpc) is 3.58. The van der Waals surface area contributed by atoms with E-state index in [1.54, 1.807) is 21.3 Å². The number of methoxy groups -OCH3 is 3. The third-order valence-corrected chi connectivity index (χ3v) is 12.6. The molecule has 0 radical (unpaired) electrons. The third kappa shape index (κ3) is 5.65. The monoisotopic (exact) mass is 754 g/mol. The Balaban J connectivity index is 1.35. The van der Waals surface area contributed by atoms with E-state index in [0.717, 1.165) is 93.2 Å². The van der Waals surface area contributed by atoms with Gasteiger partial charge in [0.15, 0.2) is 11.3 Å². The van der Waals surface area contributed by atoms with Crippen molar-refractivity contribution in [2.75, 3.05) is 52.5 Å². The summed E-state index contributed by atoms with van der Waals surface area (Å²) in [7, 11) is 5.13. The summed E-state index contributed by atoms with van der Waals surface area (Å²) in [6.07, 6.45) is 6.35. The van der Waals surface area contributed by atoms with Crippen molar-refractivity contribution in [3.63, 3.8) is 0 Å². The summed E-state index contributed by atoms with van der Waals surface area (Å²) in [5.41, 5.74) is 10.9. The molecule has 6 aromatic carbocycles. The smallest absolute Gasteiger partial charge is 0.187 e. The van der Waals surface area contributed by atoms with Crippen LogP contribution in [-0.4, -0.2) is 47.6 Å². The van der Waals surface area contributed by atoms with Crippen LogP contribution in [0.15, 0.2) is 109 Å². The molecule has 0 bridgehead atoms. The standard InChI is InChI=1S/C50H46N2O5/c1-7-49(8-2)43-29-33(32-9-16-36(51-3)17-10-32)11-22-39(43)46-41-30-44(52-25-27-56-28-26-52)45(55-6)31-42(41)48-40(47(46)49)23-24-50(57-48,34-12-18-37(53-4)19-13-34)35-14-20-38(54-5)21-15-35/h9-24,29-31H,7-8,25-28H2,1-2,4-6H3. The molecule has 0 N–H and O–H groups in total.